The standard InChI is InChI=1S/C16H20N4O/c17-9-5-6-14-11(7-9)12(16(19)20-14)8-13(18)10-3-1-2-4-15(10)21/h1-4,8-9,20-21H,5-7,17-19H2/b13-8-. The quantitative estimate of drug-likeness (QED) is 0.576. The highest BCUT2D eigenvalue weighted by Gasteiger charge is 2.22. The van der Waals surface area contributed by atoms with Gasteiger partial charge in [0.25, 0.3) is 0 Å². The Balaban J connectivity index is 2.04. The van der Waals surface area contributed by atoms with Crippen LogP contribution in [0.15, 0.2) is 24.3 Å². The minimum atomic E-state index is 0.158. The first-order valence-electron chi connectivity index (χ1n) is 7.06. The molecule has 1 aromatic heterocycles. The molecule has 1 aromatic carbocycles. The minimum Gasteiger partial charge on any atom is -0.507 e. The number of nitrogens with one attached hydrogen (secondary N) is 1. The molecular weight excluding hydrogens is 264 g/mol. The van der Waals surface area contributed by atoms with E-state index >= 15 is 0 Å². The number of phenols is 1. The van der Waals surface area contributed by atoms with Crippen molar-refractivity contribution in [3.63, 3.8) is 0 Å². The van der Waals surface area contributed by atoms with Crippen LogP contribution in [0.25, 0.3) is 11.8 Å². The molecule has 8 N–H and O–H groups in total. The Morgan fingerprint density at radius 2 is 2.10 bits per heavy atom. The van der Waals surface area contributed by atoms with Crippen molar-refractivity contribution in [1.82, 2.24) is 4.98 Å². The van der Waals surface area contributed by atoms with Crippen LogP contribution in [0, 0.1) is 0 Å². The highest BCUT2D eigenvalue weighted by atomic mass is 16.3. The summed E-state index contributed by atoms with van der Waals surface area (Å²) in [5.74, 6) is 0.762. The summed E-state index contributed by atoms with van der Waals surface area (Å²) >= 11 is 0. The van der Waals surface area contributed by atoms with Crippen molar-refractivity contribution in [2.45, 2.75) is 25.3 Å². The van der Waals surface area contributed by atoms with Gasteiger partial charge in [-0.15, -0.1) is 0 Å². The van der Waals surface area contributed by atoms with Crippen molar-refractivity contribution in [1.29, 1.82) is 0 Å². The van der Waals surface area contributed by atoms with Gasteiger partial charge in [0.05, 0.1) is 0 Å². The summed E-state index contributed by atoms with van der Waals surface area (Å²) in [6, 6.07) is 7.15. The molecule has 0 spiro atoms. The number of nitrogens with two attached hydrogens (primary N) is 3. The number of aryl methyl sites for hydroxylation is 1. The van der Waals surface area contributed by atoms with Crippen LogP contribution in [-0.4, -0.2) is 16.1 Å². The van der Waals surface area contributed by atoms with Crippen LogP contribution in [-0.2, 0) is 12.8 Å². The zero-order chi connectivity index (χ0) is 15.0. The topological polar surface area (TPSA) is 114 Å². The molecule has 0 fully saturated rings. The zero-order valence-corrected chi connectivity index (χ0v) is 11.8. The number of benzene rings is 1. The van der Waals surface area contributed by atoms with E-state index in [1.165, 1.54) is 0 Å². The molecule has 1 aliphatic rings. The third-order valence-electron chi connectivity index (χ3n) is 4.01. The van der Waals surface area contributed by atoms with Gasteiger partial charge in [0.15, 0.2) is 0 Å². The van der Waals surface area contributed by atoms with Gasteiger partial charge in [0.1, 0.15) is 11.6 Å². The van der Waals surface area contributed by atoms with E-state index in [9.17, 15) is 5.11 Å². The number of aromatic amines is 1. The number of para-hydroxylation sites is 1. The second kappa shape index (κ2) is 5.18. The number of phenolic OH excluding ortho intramolecular Hbond substituents is 1. The SMILES string of the molecule is N/C(=C\c1c(N)[nH]c2c1CC(N)CC2)c1ccccc1O. The lowest BCUT2D eigenvalue weighted by atomic mass is 9.91. The van der Waals surface area contributed by atoms with Gasteiger partial charge in [-0.3, -0.25) is 0 Å². The first-order valence-corrected chi connectivity index (χ1v) is 7.06. The fraction of sp³-hybridized carbons (Fsp3) is 0.250. The summed E-state index contributed by atoms with van der Waals surface area (Å²) in [6.45, 7) is 0. The van der Waals surface area contributed by atoms with Crippen LogP contribution in [0.2, 0.25) is 0 Å². The highest BCUT2D eigenvalue weighted by molar-refractivity contribution is 5.86. The van der Waals surface area contributed by atoms with E-state index in [1.54, 1.807) is 18.2 Å². The van der Waals surface area contributed by atoms with E-state index in [1.807, 2.05) is 12.1 Å². The largest absolute Gasteiger partial charge is 0.507 e. The molecule has 5 nitrogen and oxygen atoms in total. The normalized spacial score (nSPS) is 18.5. The summed E-state index contributed by atoms with van der Waals surface area (Å²) in [7, 11) is 0. The first-order chi connectivity index (χ1) is 10.1. The van der Waals surface area contributed by atoms with Gasteiger partial charge in [-0.05, 0) is 43.0 Å². The molecule has 1 atom stereocenters. The highest BCUT2D eigenvalue weighted by Crippen LogP contribution is 2.31. The molecule has 0 radical (unpaired) electrons. The molecule has 1 heterocycles. The second-order valence-electron chi connectivity index (χ2n) is 5.53. The van der Waals surface area contributed by atoms with Gasteiger partial charge in [-0.2, -0.15) is 0 Å². The fourth-order valence-corrected chi connectivity index (χ4v) is 2.89. The third-order valence-corrected chi connectivity index (χ3v) is 4.01. The summed E-state index contributed by atoms with van der Waals surface area (Å²) in [5.41, 5.74) is 22.5. The number of aromatic hydroxyl groups is 1. The van der Waals surface area contributed by atoms with E-state index in [-0.39, 0.29) is 11.8 Å². The number of nitrogen functional groups attached to an aromatic ring is 1. The van der Waals surface area contributed by atoms with E-state index < -0.39 is 0 Å². The average molecular weight is 284 g/mol. The number of fused-ring (bicyclic) bond motifs is 1. The van der Waals surface area contributed by atoms with E-state index in [0.29, 0.717) is 17.1 Å². The molecule has 0 bridgehead atoms. The van der Waals surface area contributed by atoms with Crippen LogP contribution >= 0.6 is 0 Å². The molecule has 1 unspecified atom stereocenters. The van der Waals surface area contributed by atoms with Gasteiger partial charge in [0, 0.05) is 28.6 Å². The Bertz CT molecular complexity index is 702. The zero-order valence-electron chi connectivity index (χ0n) is 11.8. The van der Waals surface area contributed by atoms with Gasteiger partial charge >= 0.3 is 0 Å². The lowest BCUT2D eigenvalue weighted by molar-refractivity contribution is 0.473. The van der Waals surface area contributed by atoms with Crippen LogP contribution in [0.4, 0.5) is 5.82 Å². The molecule has 0 amide bonds. The van der Waals surface area contributed by atoms with Gasteiger partial charge < -0.3 is 27.3 Å². The van der Waals surface area contributed by atoms with Crippen LogP contribution in [0.1, 0.15) is 28.8 Å². The number of anilines is 1. The number of hydrogen-bond donors (Lipinski definition) is 5. The molecule has 0 saturated heterocycles. The van der Waals surface area contributed by atoms with Crippen molar-refractivity contribution in [3.05, 3.63) is 46.6 Å². The summed E-state index contributed by atoms with van der Waals surface area (Å²) in [5, 5.41) is 9.88. The molecule has 1 aliphatic carbocycles. The van der Waals surface area contributed by atoms with E-state index in [0.717, 1.165) is 36.1 Å². The summed E-state index contributed by atoms with van der Waals surface area (Å²) < 4.78 is 0. The van der Waals surface area contributed by atoms with Gasteiger partial charge in [-0.1, -0.05) is 12.1 Å². The van der Waals surface area contributed by atoms with Crippen LogP contribution in [0.3, 0.4) is 0 Å². The Hall–Kier alpha value is -2.40. The van der Waals surface area contributed by atoms with Crippen molar-refractivity contribution < 1.29 is 5.11 Å². The van der Waals surface area contributed by atoms with Crippen LogP contribution < -0.4 is 17.2 Å². The maximum atomic E-state index is 9.88. The second-order valence-corrected chi connectivity index (χ2v) is 5.53. The van der Waals surface area contributed by atoms with E-state index in [4.69, 9.17) is 17.2 Å². The Labute approximate surface area is 123 Å². The minimum absolute atomic E-state index is 0.158. The van der Waals surface area contributed by atoms with Gasteiger partial charge in [0.2, 0.25) is 0 Å². The molecule has 0 saturated carbocycles. The van der Waals surface area contributed by atoms with Crippen molar-refractivity contribution >= 4 is 17.6 Å². The van der Waals surface area contributed by atoms with Crippen LogP contribution in [0.5, 0.6) is 5.75 Å². The predicted molar refractivity (Wildman–Crippen MR) is 85.4 cm³/mol. The predicted octanol–water partition coefficient (Wildman–Crippen LogP) is 1.58. The molecule has 0 aliphatic heterocycles. The van der Waals surface area contributed by atoms with Crippen molar-refractivity contribution in [2.75, 3.05) is 5.73 Å². The number of H-pyrrole nitrogens is 1. The Morgan fingerprint density at radius 3 is 2.86 bits per heavy atom. The van der Waals surface area contributed by atoms with Crippen molar-refractivity contribution in [3.8, 4) is 5.75 Å². The molecule has 21 heavy (non-hydrogen) atoms. The lowest BCUT2D eigenvalue weighted by Crippen LogP contribution is -2.27. The molecular formula is C16H20N4O. The Kier molecular flexibility index (Phi) is 3.35. The fourth-order valence-electron chi connectivity index (χ4n) is 2.89. The Morgan fingerprint density at radius 1 is 1.33 bits per heavy atom. The average Bonchev–Trinajstić information content (AvgIpc) is 2.75. The molecule has 3 rings (SSSR count). The molecule has 110 valence electrons. The third kappa shape index (κ3) is 2.48. The lowest BCUT2D eigenvalue weighted by Gasteiger charge is -2.18. The summed E-state index contributed by atoms with van der Waals surface area (Å²) in [4.78, 5) is 3.22. The molecule has 2 aromatic rings. The first kappa shape index (κ1) is 13.6. The van der Waals surface area contributed by atoms with Crippen molar-refractivity contribution in [2.24, 2.45) is 11.5 Å². The monoisotopic (exact) mass is 284 g/mol. The number of aromatic nitrogens is 1. The maximum absolute atomic E-state index is 9.88. The maximum Gasteiger partial charge on any atom is 0.124 e. The smallest absolute Gasteiger partial charge is 0.124 e. The molecule has 5 heteroatoms. The van der Waals surface area contributed by atoms with E-state index in [2.05, 4.69) is 4.98 Å². The number of rotatable bonds is 2. The van der Waals surface area contributed by atoms with Gasteiger partial charge in [-0.25, -0.2) is 0 Å². The number of hydrogen-bond acceptors (Lipinski definition) is 4. The summed E-state index contributed by atoms with van der Waals surface area (Å²) in [6.07, 6.45) is 4.48.